The summed E-state index contributed by atoms with van der Waals surface area (Å²) >= 11 is 0. The van der Waals surface area contributed by atoms with Gasteiger partial charge in [0.05, 0.1) is 0 Å². The van der Waals surface area contributed by atoms with E-state index in [4.69, 9.17) is 4.74 Å². The quantitative estimate of drug-likeness (QED) is 0.945. The van der Waals surface area contributed by atoms with Gasteiger partial charge in [0, 0.05) is 18.5 Å². The van der Waals surface area contributed by atoms with Crippen molar-refractivity contribution < 1.29 is 19.0 Å². The third-order valence-electron chi connectivity index (χ3n) is 3.88. The zero-order valence-electron chi connectivity index (χ0n) is 12.4. The second-order valence-corrected chi connectivity index (χ2v) is 5.73. The van der Waals surface area contributed by atoms with Crippen LogP contribution in [0, 0.1) is 11.7 Å². The predicted molar refractivity (Wildman–Crippen MR) is 78.5 cm³/mol. The molecule has 1 unspecified atom stereocenters. The highest BCUT2D eigenvalue weighted by Gasteiger charge is 2.32. The Kier molecular flexibility index (Phi) is 3.60. The molecule has 1 aromatic heterocycles. The molecule has 0 bridgehead atoms. The zero-order chi connectivity index (χ0) is 15.9. The van der Waals surface area contributed by atoms with Crippen LogP contribution >= 0.6 is 0 Å². The minimum absolute atomic E-state index is 0.0595. The molecule has 22 heavy (non-hydrogen) atoms. The lowest BCUT2D eigenvalue weighted by Crippen LogP contribution is -2.31. The van der Waals surface area contributed by atoms with Crippen LogP contribution in [0.1, 0.15) is 30.6 Å². The number of aromatic nitrogens is 2. The van der Waals surface area contributed by atoms with Crippen molar-refractivity contribution >= 4 is 5.97 Å². The molecule has 0 saturated carbocycles. The summed E-state index contributed by atoms with van der Waals surface area (Å²) in [5.41, 5.74) is 0.215. The van der Waals surface area contributed by atoms with Crippen molar-refractivity contribution in [3.8, 4) is 17.1 Å². The van der Waals surface area contributed by atoms with Gasteiger partial charge in [-0.15, -0.1) is 0 Å². The summed E-state index contributed by atoms with van der Waals surface area (Å²) in [6, 6.07) is 6.02. The number of hydrogen-bond donors (Lipinski definition) is 1. The minimum Gasteiger partial charge on any atom is -0.477 e. The van der Waals surface area contributed by atoms with Crippen molar-refractivity contribution in [2.24, 2.45) is 5.92 Å². The number of carboxylic acids is 1. The Bertz CT molecular complexity index is 724. The molecule has 0 saturated heterocycles. The van der Waals surface area contributed by atoms with Crippen molar-refractivity contribution in [1.82, 2.24) is 9.78 Å². The Balaban J connectivity index is 2.14. The summed E-state index contributed by atoms with van der Waals surface area (Å²) in [6.45, 7) is 4.61. The summed E-state index contributed by atoms with van der Waals surface area (Å²) in [4.78, 5) is 11.7. The van der Waals surface area contributed by atoms with Gasteiger partial charge in [-0.25, -0.2) is 13.9 Å². The maximum absolute atomic E-state index is 14.0. The Morgan fingerprint density at radius 3 is 2.82 bits per heavy atom. The third kappa shape index (κ3) is 2.34. The van der Waals surface area contributed by atoms with Crippen LogP contribution in [0.25, 0.3) is 11.3 Å². The number of halogens is 1. The van der Waals surface area contributed by atoms with Crippen molar-refractivity contribution in [1.29, 1.82) is 0 Å². The number of nitrogens with zero attached hydrogens (tertiary/aromatic N) is 2. The van der Waals surface area contributed by atoms with E-state index in [1.165, 1.54) is 16.8 Å². The van der Waals surface area contributed by atoms with E-state index in [1.807, 2.05) is 13.8 Å². The molecule has 1 aromatic carbocycles. The van der Waals surface area contributed by atoms with Gasteiger partial charge in [-0.1, -0.05) is 26.0 Å². The zero-order valence-corrected chi connectivity index (χ0v) is 12.4. The fourth-order valence-corrected chi connectivity index (χ4v) is 2.67. The molecule has 0 radical (unpaired) electrons. The number of carbonyl (C=O) groups is 1. The first-order valence-electron chi connectivity index (χ1n) is 7.24. The second kappa shape index (κ2) is 5.44. The van der Waals surface area contributed by atoms with Crippen molar-refractivity contribution in [2.45, 2.75) is 32.9 Å². The number of hydrogen-bond acceptors (Lipinski definition) is 3. The van der Waals surface area contributed by atoms with Crippen LogP contribution in [0.4, 0.5) is 4.39 Å². The van der Waals surface area contributed by atoms with Crippen LogP contribution in [0.5, 0.6) is 5.88 Å². The number of aryl methyl sites for hydroxylation is 1. The topological polar surface area (TPSA) is 64.4 Å². The van der Waals surface area contributed by atoms with E-state index in [9.17, 15) is 14.3 Å². The average Bonchev–Trinajstić information content (AvgIpc) is 2.85. The molecule has 1 N–H and O–H groups in total. The third-order valence-corrected chi connectivity index (χ3v) is 3.88. The molecule has 0 spiro atoms. The number of aromatic carboxylic acids is 1. The molecule has 1 atom stereocenters. The predicted octanol–water partition coefficient (Wildman–Crippen LogP) is 3.19. The molecular weight excluding hydrogens is 287 g/mol. The first kappa shape index (κ1) is 14.6. The van der Waals surface area contributed by atoms with Gasteiger partial charge in [0.1, 0.15) is 23.2 Å². The van der Waals surface area contributed by atoms with Gasteiger partial charge in [-0.05, 0) is 18.1 Å². The monoisotopic (exact) mass is 304 g/mol. The van der Waals surface area contributed by atoms with Crippen LogP contribution in [0.3, 0.4) is 0 Å². The number of rotatable bonds is 3. The first-order valence-corrected chi connectivity index (χ1v) is 7.24. The largest absolute Gasteiger partial charge is 0.477 e. The highest BCUT2D eigenvalue weighted by molar-refractivity contribution is 5.97. The molecule has 1 aliphatic rings. The van der Waals surface area contributed by atoms with Crippen molar-refractivity contribution in [3.63, 3.8) is 0 Å². The molecule has 116 valence electrons. The van der Waals surface area contributed by atoms with Gasteiger partial charge in [-0.3, -0.25) is 0 Å². The van der Waals surface area contributed by atoms with E-state index >= 15 is 0 Å². The van der Waals surface area contributed by atoms with Crippen LogP contribution < -0.4 is 4.74 Å². The molecule has 1 aliphatic heterocycles. The SMILES string of the molecule is CC(C)C1CCn2nc(-c3ccccc3F)c(C(=O)O)c2O1. The summed E-state index contributed by atoms with van der Waals surface area (Å²) in [6.07, 6.45) is 0.693. The number of benzene rings is 1. The standard InChI is InChI=1S/C16H17FN2O3/c1-9(2)12-7-8-19-15(22-12)13(16(20)21)14(18-19)10-5-3-4-6-11(10)17/h3-6,9,12H,7-8H2,1-2H3,(H,20,21). The van der Waals surface area contributed by atoms with Gasteiger partial charge in [0.15, 0.2) is 0 Å². The lowest BCUT2D eigenvalue weighted by atomic mass is 10.0. The van der Waals surface area contributed by atoms with Crippen molar-refractivity contribution in [3.05, 3.63) is 35.6 Å². The number of ether oxygens (including phenoxy) is 1. The van der Waals surface area contributed by atoms with Crippen LogP contribution in [-0.4, -0.2) is 27.0 Å². The lowest BCUT2D eigenvalue weighted by molar-refractivity contribution is 0.0660. The fraction of sp³-hybridized carbons (Fsp3) is 0.375. The molecule has 2 aromatic rings. The Morgan fingerprint density at radius 1 is 1.45 bits per heavy atom. The van der Waals surface area contributed by atoms with E-state index in [-0.39, 0.29) is 34.7 Å². The van der Waals surface area contributed by atoms with Gasteiger partial charge in [0.25, 0.3) is 0 Å². The summed E-state index contributed by atoms with van der Waals surface area (Å²) in [5, 5.41) is 13.8. The van der Waals surface area contributed by atoms with Gasteiger partial charge >= 0.3 is 5.97 Å². The van der Waals surface area contributed by atoms with E-state index in [2.05, 4.69) is 5.10 Å². The molecule has 0 fully saturated rings. The minimum atomic E-state index is -1.16. The lowest BCUT2D eigenvalue weighted by Gasteiger charge is -2.27. The highest BCUT2D eigenvalue weighted by atomic mass is 19.1. The number of carboxylic acid groups (broad SMARTS) is 1. The van der Waals surface area contributed by atoms with E-state index in [1.54, 1.807) is 12.1 Å². The van der Waals surface area contributed by atoms with Gasteiger partial charge < -0.3 is 9.84 Å². The van der Waals surface area contributed by atoms with Gasteiger partial charge in [0.2, 0.25) is 5.88 Å². The Morgan fingerprint density at radius 2 is 2.18 bits per heavy atom. The maximum atomic E-state index is 14.0. The average molecular weight is 304 g/mol. The molecule has 2 heterocycles. The van der Waals surface area contributed by atoms with Crippen molar-refractivity contribution in [2.75, 3.05) is 0 Å². The summed E-state index contributed by atoms with van der Waals surface area (Å²) < 4.78 is 21.3. The van der Waals surface area contributed by atoms with Crippen LogP contribution in [-0.2, 0) is 6.54 Å². The fourth-order valence-electron chi connectivity index (χ4n) is 2.67. The molecule has 0 amide bonds. The molecule has 3 rings (SSSR count). The first-order chi connectivity index (χ1) is 10.5. The van der Waals surface area contributed by atoms with Crippen LogP contribution in [0.15, 0.2) is 24.3 Å². The maximum Gasteiger partial charge on any atom is 0.343 e. The number of fused-ring (bicyclic) bond motifs is 1. The molecular formula is C16H17FN2O3. The smallest absolute Gasteiger partial charge is 0.343 e. The molecule has 0 aliphatic carbocycles. The van der Waals surface area contributed by atoms with Gasteiger partial charge in [-0.2, -0.15) is 5.10 Å². The van der Waals surface area contributed by atoms with Crippen LogP contribution in [0.2, 0.25) is 0 Å². The summed E-state index contributed by atoms with van der Waals surface area (Å²) in [7, 11) is 0. The van der Waals surface area contributed by atoms with E-state index in [0.29, 0.717) is 6.54 Å². The van der Waals surface area contributed by atoms with E-state index < -0.39 is 11.8 Å². The second-order valence-electron chi connectivity index (χ2n) is 5.73. The summed E-state index contributed by atoms with van der Waals surface area (Å²) in [5.74, 6) is -1.18. The Hall–Kier alpha value is -2.37. The molecule has 6 heteroatoms. The molecule has 5 nitrogen and oxygen atoms in total. The highest BCUT2D eigenvalue weighted by Crippen LogP contribution is 2.36. The Labute approximate surface area is 127 Å². The van der Waals surface area contributed by atoms with E-state index in [0.717, 1.165) is 6.42 Å². The normalized spacial score (nSPS) is 17.2.